The van der Waals surface area contributed by atoms with Crippen molar-refractivity contribution in [2.24, 2.45) is 0 Å². The van der Waals surface area contributed by atoms with Crippen LogP contribution in [0.15, 0.2) is 218 Å². The van der Waals surface area contributed by atoms with E-state index in [1.54, 1.807) is 0 Å². The standard InChI is InChI=1S/C41H27N.C12H11N/c1-2-11-30(12-3-1)41(36-15-6-4-13-33(36)34-14-5-7-16-37(34)41)31-21-23-32(24-22-31)42-38-26-20-29-18-17-27-9-8-10-28-19-25-35(38)40(29)39(27)28;1-3-7-11(8-4-1)13-12-9-5-2-6-10-12/h1-26,42H;1-10,13H. The average Bonchev–Trinajstić information content (AvgIpc) is 3.56. The molecule has 0 aromatic heterocycles. The van der Waals surface area contributed by atoms with E-state index in [0.29, 0.717) is 0 Å². The Kier molecular flexibility index (Phi) is 8.08. The zero-order valence-electron chi connectivity index (χ0n) is 30.3. The fraction of sp³-hybridized carbons (Fsp3) is 0.0189. The molecule has 0 aliphatic heterocycles. The van der Waals surface area contributed by atoms with E-state index in [9.17, 15) is 0 Å². The number of nitrogens with one attached hydrogen (secondary N) is 2. The molecule has 2 N–H and O–H groups in total. The summed E-state index contributed by atoms with van der Waals surface area (Å²) in [6.07, 6.45) is 0. The van der Waals surface area contributed by atoms with Crippen LogP contribution in [0.2, 0.25) is 0 Å². The van der Waals surface area contributed by atoms with Gasteiger partial charge < -0.3 is 10.6 Å². The molecule has 0 saturated carbocycles. The van der Waals surface area contributed by atoms with Crippen molar-refractivity contribution in [3.63, 3.8) is 0 Å². The van der Waals surface area contributed by atoms with Gasteiger partial charge in [-0.1, -0.05) is 176 Å². The third-order valence-electron chi connectivity index (χ3n) is 11.1. The van der Waals surface area contributed by atoms with Crippen LogP contribution in [-0.2, 0) is 5.41 Å². The van der Waals surface area contributed by atoms with Crippen LogP contribution in [0.25, 0.3) is 43.4 Å². The number of benzene rings is 10. The van der Waals surface area contributed by atoms with Crippen LogP contribution in [0.4, 0.5) is 22.7 Å². The molecular formula is C53H38N2. The van der Waals surface area contributed by atoms with Crippen molar-refractivity contribution in [3.8, 4) is 11.1 Å². The molecular weight excluding hydrogens is 665 g/mol. The largest absolute Gasteiger partial charge is 0.356 e. The van der Waals surface area contributed by atoms with Gasteiger partial charge in [0.15, 0.2) is 0 Å². The minimum Gasteiger partial charge on any atom is -0.356 e. The molecule has 0 heterocycles. The summed E-state index contributed by atoms with van der Waals surface area (Å²) < 4.78 is 0. The van der Waals surface area contributed by atoms with Gasteiger partial charge >= 0.3 is 0 Å². The van der Waals surface area contributed by atoms with Gasteiger partial charge in [0, 0.05) is 28.1 Å². The summed E-state index contributed by atoms with van der Waals surface area (Å²) in [5.74, 6) is 0. The molecule has 1 aliphatic rings. The Morgan fingerprint density at radius 2 is 0.745 bits per heavy atom. The maximum atomic E-state index is 3.77. The lowest BCUT2D eigenvalue weighted by Crippen LogP contribution is -2.28. The van der Waals surface area contributed by atoms with Crippen molar-refractivity contribution < 1.29 is 0 Å². The monoisotopic (exact) mass is 702 g/mol. The smallest absolute Gasteiger partial charge is 0.0713 e. The van der Waals surface area contributed by atoms with Gasteiger partial charge in [-0.2, -0.15) is 0 Å². The van der Waals surface area contributed by atoms with E-state index in [2.05, 4.69) is 168 Å². The fourth-order valence-corrected chi connectivity index (χ4v) is 8.72. The summed E-state index contributed by atoms with van der Waals surface area (Å²) in [5, 5.41) is 14.8. The Labute approximate surface area is 321 Å². The van der Waals surface area contributed by atoms with Gasteiger partial charge in [-0.25, -0.2) is 0 Å². The second-order valence-electron chi connectivity index (χ2n) is 14.2. The molecule has 55 heavy (non-hydrogen) atoms. The summed E-state index contributed by atoms with van der Waals surface area (Å²) in [7, 11) is 0. The van der Waals surface area contributed by atoms with Crippen molar-refractivity contribution >= 4 is 55.1 Å². The van der Waals surface area contributed by atoms with Gasteiger partial charge in [0.1, 0.15) is 0 Å². The highest BCUT2D eigenvalue weighted by Gasteiger charge is 2.45. The number of hydrogen-bond acceptors (Lipinski definition) is 2. The van der Waals surface area contributed by atoms with Crippen LogP contribution in [0.3, 0.4) is 0 Å². The van der Waals surface area contributed by atoms with E-state index in [1.165, 1.54) is 65.7 Å². The molecule has 0 amide bonds. The SMILES string of the molecule is c1ccc(C2(c3ccc(Nc4ccc5ccc6cccc7ccc4c5c67)cc3)c3ccccc3-c3ccccc32)cc1.c1ccc(Nc2ccccc2)cc1. The summed E-state index contributed by atoms with van der Waals surface area (Å²) in [6, 6.07) is 78.1. The van der Waals surface area contributed by atoms with E-state index in [-0.39, 0.29) is 5.41 Å². The van der Waals surface area contributed by atoms with Crippen molar-refractivity contribution in [1.82, 2.24) is 0 Å². The maximum Gasteiger partial charge on any atom is 0.0713 e. The molecule has 0 saturated heterocycles. The van der Waals surface area contributed by atoms with Crippen LogP contribution in [0.5, 0.6) is 0 Å². The average molecular weight is 703 g/mol. The highest BCUT2D eigenvalue weighted by molar-refractivity contribution is 6.25. The molecule has 0 bridgehead atoms. The molecule has 260 valence electrons. The number of hydrogen-bond donors (Lipinski definition) is 2. The third-order valence-corrected chi connectivity index (χ3v) is 11.1. The van der Waals surface area contributed by atoms with Crippen molar-refractivity contribution in [2.45, 2.75) is 5.41 Å². The Bertz CT molecular complexity index is 2800. The molecule has 1 aliphatic carbocycles. The predicted molar refractivity (Wildman–Crippen MR) is 233 cm³/mol. The van der Waals surface area contributed by atoms with E-state index in [1.807, 2.05) is 60.7 Å². The molecule has 0 spiro atoms. The van der Waals surface area contributed by atoms with Crippen molar-refractivity contribution in [1.29, 1.82) is 0 Å². The summed E-state index contributed by atoms with van der Waals surface area (Å²) >= 11 is 0. The van der Waals surface area contributed by atoms with E-state index in [0.717, 1.165) is 22.7 Å². The summed E-state index contributed by atoms with van der Waals surface area (Å²) in [6.45, 7) is 0. The Balaban J connectivity index is 0.000000243. The quantitative estimate of drug-likeness (QED) is 0.169. The highest BCUT2D eigenvalue weighted by atomic mass is 14.9. The molecule has 0 radical (unpaired) electrons. The molecule has 10 aromatic rings. The zero-order valence-corrected chi connectivity index (χ0v) is 30.3. The van der Waals surface area contributed by atoms with Gasteiger partial charge in [0.05, 0.1) is 5.41 Å². The van der Waals surface area contributed by atoms with Crippen LogP contribution >= 0.6 is 0 Å². The van der Waals surface area contributed by atoms with Crippen LogP contribution in [-0.4, -0.2) is 0 Å². The number of para-hydroxylation sites is 2. The Hall–Kier alpha value is -7.16. The maximum absolute atomic E-state index is 3.77. The lowest BCUT2D eigenvalue weighted by Gasteiger charge is -2.34. The minimum absolute atomic E-state index is 0.375. The Morgan fingerprint density at radius 3 is 1.35 bits per heavy atom. The van der Waals surface area contributed by atoms with Gasteiger partial charge in [-0.15, -0.1) is 0 Å². The summed E-state index contributed by atoms with van der Waals surface area (Å²) in [5.41, 5.74) is 11.9. The van der Waals surface area contributed by atoms with Gasteiger partial charge in [-0.3, -0.25) is 0 Å². The topological polar surface area (TPSA) is 24.1 Å². The van der Waals surface area contributed by atoms with Gasteiger partial charge in [-0.05, 0) is 103 Å². The molecule has 0 atom stereocenters. The zero-order chi connectivity index (χ0) is 36.6. The van der Waals surface area contributed by atoms with Gasteiger partial charge in [0.25, 0.3) is 0 Å². The first-order valence-electron chi connectivity index (χ1n) is 18.9. The lowest BCUT2D eigenvalue weighted by atomic mass is 9.68. The number of fused-ring (bicyclic) bond motifs is 3. The van der Waals surface area contributed by atoms with Crippen molar-refractivity contribution in [2.75, 3.05) is 10.6 Å². The normalized spacial score (nSPS) is 12.5. The number of anilines is 4. The first kappa shape index (κ1) is 32.5. The third kappa shape index (κ3) is 5.59. The lowest BCUT2D eigenvalue weighted by molar-refractivity contribution is 0.768. The van der Waals surface area contributed by atoms with Gasteiger partial charge in [0.2, 0.25) is 0 Å². The predicted octanol–water partition coefficient (Wildman–Crippen LogP) is 14.1. The second-order valence-corrected chi connectivity index (χ2v) is 14.2. The first-order chi connectivity index (χ1) is 27.3. The second kappa shape index (κ2) is 13.7. The van der Waals surface area contributed by atoms with Crippen molar-refractivity contribution in [3.05, 3.63) is 241 Å². The molecule has 10 aromatic carbocycles. The number of rotatable bonds is 6. The Morgan fingerprint density at radius 1 is 0.291 bits per heavy atom. The highest BCUT2D eigenvalue weighted by Crippen LogP contribution is 2.56. The molecule has 2 heteroatoms. The van der Waals surface area contributed by atoms with Crippen LogP contribution in [0.1, 0.15) is 22.3 Å². The molecule has 0 fully saturated rings. The van der Waals surface area contributed by atoms with E-state index < -0.39 is 0 Å². The van der Waals surface area contributed by atoms with E-state index in [4.69, 9.17) is 0 Å². The minimum atomic E-state index is -0.375. The molecule has 2 nitrogen and oxygen atoms in total. The summed E-state index contributed by atoms with van der Waals surface area (Å²) in [4.78, 5) is 0. The fourth-order valence-electron chi connectivity index (χ4n) is 8.72. The van der Waals surface area contributed by atoms with Crippen LogP contribution < -0.4 is 10.6 Å². The molecule has 11 rings (SSSR count). The molecule has 0 unspecified atom stereocenters. The first-order valence-corrected chi connectivity index (χ1v) is 18.9. The van der Waals surface area contributed by atoms with Crippen LogP contribution in [0, 0.1) is 0 Å². The van der Waals surface area contributed by atoms with E-state index >= 15 is 0 Å².